The number of hydrogen-bond acceptors (Lipinski definition) is 3. The molecule has 116 valence electrons. The molecule has 1 N–H and O–H groups in total. The van der Waals surface area contributed by atoms with Crippen molar-refractivity contribution in [2.24, 2.45) is 0 Å². The van der Waals surface area contributed by atoms with Gasteiger partial charge in [0.15, 0.2) is 0 Å². The van der Waals surface area contributed by atoms with Crippen molar-refractivity contribution in [1.82, 2.24) is 9.80 Å². The Hall–Kier alpha value is -1.69. The number of nitrogens with one attached hydrogen (secondary N) is 1. The average molecular weight is 297 g/mol. The van der Waals surface area contributed by atoms with Gasteiger partial charge in [0.2, 0.25) is 0 Å². The summed E-state index contributed by atoms with van der Waals surface area (Å²) >= 11 is 0. The molecule has 1 aliphatic heterocycles. The van der Waals surface area contributed by atoms with E-state index in [1.165, 1.54) is 7.05 Å². The minimum Gasteiger partial charge on any atom is -0.383 e. The maximum absolute atomic E-state index is 13.8. The molecule has 1 fully saturated rings. The number of benzene rings is 1. The Morgan fingerprint density at radius 3 is 2.29 bits per heavy atom. The molecule has 1 aliphatic rings. The molecule has 2 rings (SSSR count). The van der Waals surface area contributed by atoms with Gasteiger partial charge in [0, 0.05) is 37.8 Å². The molecule has 0 aliphatic carbocycles. The highest BCUT2D eigenvalue weighted by molar-refractivity contribution is 5.94. The highest BCUT2D eigenvalue weighted by Crippen LogP contribution is 2.24. The second-order valence-corrected chi connectivity index (χ2v) is 6.03. The first-order valence-electron chi connectivity index (χ1n) is 6.93. The zero-order valence-electron chi connectivity index (χ0n) is 12.8. The van der Waals surface area contributed by atoms with Crippen LogP contribution in [0.2, 0.25) is 0 Å². The summed E-state index contributed by atoms with van der Waals surface area (Å²) in [7, 11) is 3.44. The summed E-state index contributed by atoms with van der Waals surface area (Å²) in [6.07, 6.45) is 0. The summed E-state index contributed by atoms with van der Waals surface area (Å²) in [5, 5.41) is 2.45. The van der Waals surface area contributed by atoms with E-state index in [1.807, 2.05) is 20.9 Å². The summed E-state index contributed by atoms with van der Waals surface area (Å²) in [6, 6.07) is 2.17. The fourth-order valence-electron chi connectivity index (χ4n) is 2.53. The Morgan fingerprint density at radius 2 is 1.81 bits per heavy atom. The normalized spacial score (nSPS) is 18.7. The molecule has 1 aromatic carbocycles. The lowest BCUT2D eigenvalue weighted by Crippen LogP contribution is -2.58. The Kier molecular flexibility index (Phi) is 4.18. The van der Waals surface area contributed by atoms with Crippen LogP contribution in [-0.4, -0.2) is 55.0 Å². The van der Waals surface area contributed by atoms with Gasteiger partial charge in [0.1, 0.15) is 17.3 Å². The van der Waals surface area contributed by atoms with Gasteiger partial charge in [0.05, 0.1) is 0 Å². The summed E-state index contributed by atoms with van der Waals surface area (Å²) in [5.41, 5.74) is -0.328. The molecular weight excluding hydrogens is 276 g/mol. The van der Waals surface area contributed by atoms with Gasteiger partial charge < -0.3 is 10.2 Å². The molecule has 4 nitrogen and oxygen atoms in total. The van der Waals surface area contributed by atoms with Crippen LogP contribution in [-0.2, 0) is 0 Å². The molecule has 0 aromatic heterocycles. The molecule has 0 bridgehead atoms. The van der Waals surface area contributed by atoms with E-state index in [2.05, 4.69) is 10.2 Å². The lowest BCUT2D eigenvalue weighted by atomic mass is 9.99. The molecule has 0 saturated carbocycles. The third kappa shape index (κ3) is 3.00. The lowest BCUT2D eigenvalue weighted by molar-refractivity contribution is 0.0311. The number of rotatable bonds is 2. The molecule has 1 amide bonds. The van der Waals surface area contributed by atoms with Crippen LogP contribution in [0.5, 0.6) is 0 Å². The standard InChI is InChI=1S/C15H21F2N3O/c1-15(2)9-20(6-5-19(15)4)14(21)10-7-11(16)13(18-3)12(17)8-10/h7-8,18H,5-6,9H2,1-4H3. The summed E-state index contributed by atoms with van der Waals surface area (Å²) in [6.45, 7) is 5.89. The molecule has 6 heteroatoms. The summed E-state index contributed by atoms with van der Waals surface area (Å²) < 4.78 is 27.5. The van der Waals surface area contributed by atoms with Gasteiger partial charge in [-0.1, -0.05) is 0 Å². The van der Waals surface area contributed by atoms with Gasteiger partial charge in [-0.05, 0) is 33.0 Å². The van der Waals surface area contributed by atoms with Crippen molar-refractivity contribution in [2.45, 2.75) is 19.4 Å². The molecule has 1 aromatic rings. The minimum atomic E-state index is -0.755. The first-order chi connectivity index (χ1) is 9.76. The third-order valence-corrected chi connectivity index (χ3v) is 4.14. The number of likely N-dealkylation sites (N-methyl/N-ethyl adjacent to an activating group) is 1. The Labute approximate surface area is 123 Å². The van der Waals surface area contributed by atoms with Crippen LogP contribution in [0.1, 0.15) is 24.2 Å². The summed E-state index contributed by atoms with van der Waals surface area (Å²) in [5.74, 6) is -1.85. The fraction of sp³-hybridized carbons (Fsp3) is 0.533. The second kappa shape index (κ2) is 5.60. The molecular formula is C15H21F2N3O. The van der Waals surface area contributed by atoms with E-state index < -0.39 is 11.6 Å². The number of nitrogens with zero attached hydrogens (tertiary/aromatic N) is 2. The van der Waals surface area contributed by atoms with Crippen molar-refractivity contribution in [3.63, 3.8) is 0 Å². The fourth-order valence-corrected chi connectivity index (χ4v) is 2.53. The molecule has 0 atom stereocenters. The van der Waals surface area contributed by atoms with Crippen LogP contribution in [0.15, 0.2) is 12.1 Å². The quantitative estimate of drug-likeness (QED) is 0.909. The van der Waals surface area contributed by atoms with E-state index in [4.69, 9.17) is 0 Å². The van der Waals surface area contributed by atoms with Gasteiger partial charge in [-0.2, -0.15) is 0 Å². The molecule has 0 unspecified atom stereocenters. The van der Waals surface area contributed by atoms with Crippen molar-refractivity contribution in [1.29, 1.82) is 0 Å². The second-order valence-electron chi connectivity index (χ2n) is 6.03. The Balaban J connectivity index is 2.25. The van der Waals surface area contributed by atoms with E-state index in [1.54, 1.807) is 4.90 Å². The van der Waals surface area contributed by atoms with E-state index in [0.717, 1.165) is 18.7 Å². The molecule has 21 heavy (non-hydrogen) atoms. The van der Waals surface area contributed by atoms with Crippen LogP contribution in [0.25, 0.3) is 0 Å². The topological polar surface area (TPSA) is 35.6 Å². The highest BCUT2D eigenvalue weighted by Gasteiger charge is 2.33. The molecule has 0 spiro atoms. The zero-order chi connectivity index (χ0) is 15.8. The maximum Gasteiger partial charge on any atom is 0.254 e. The first-order valence-corrected chi connectivity index (χ1v) is 6.93. The number of anilines is 1. The minimum absolute atomic E-state index is 0.0457. The van der Waals surface area contributed by atoms with Crippen LogP contribution in [0.3, 0.4) is 0 Å². The van der Waals surface area contributed by atoms with Crippen molar-refractivity contribution in [3.05, 3.63) is 29.3 Å². The number of piperazine rings is 1. The predicted octanol–water partition coefficient (Wildman–Crippen LogP) is 2.17. The van der Waals surface area contributed by atoms with Crippen molar-refractivity contribution in [3.8, 4) is 0 Å². The first kappa shape index (κ1) is 15.7. The molecule has 0 radical (unpaired) electrons. The lowest BCUT2D eigenvalue weighted by Gasteiger charge is -2.45. The van der Waals surface area contributed by atoms with Crippen LogP contribution < -0.4 is 5.32 Å². The van der Waals surface area contributed by atoms with Gasteiger partial charge in [0.25, 0.3) is 5.91 Å². The van der Waals surface area contributed by atoms with E-state index >= 15 is 0 Å². The van der Waals surface area contributed by atoms with Crippen molar-refractivity contribution >= 4 is 11.6 Å². The number of hydrogen-bond donors (Lipinski definition) is 1. The zero-order valence-corrected chi connectivity index (χ0v) is 12.8. The SMILES string of the molecule is CNc1c(F)cc(C(=O)N2CCN(C)C(C)(C)C2)cc1F. The largest absolute Gasteiger partial charge is 0.383 e. The van der Waals surface area contributed by atoms with Gasteiger partial charge in [-0.3, -0.25) is 9.69 Å². The Morgan fingerprint density at radius 1 is 1.24 bits per heavy atom. The Bertz CT molecular complexity index is 537. The van der Waals surface area contributed by atoms with E-state index in [0.29, 0.717) is 13.1 Å². The summed E-state index contributed by atoms with van der Waals surface area (Å²) in [4.78, 5) is 16.3. The number of carbonyl (C=O) groups excluding carboxylic acids is 1. The molecule has 1 heterocycles. The van der Waals surface area contributed by atoms with Crippen molar-refractivity contribution in [2.75, 3.05) is 39.0 Å². The third-order valence-electron chi connectivity index (χ3n) is 4.14. The van der Waals surface area contributed by atoms with Crippen LogP contribution >= 0.6 is 0 Å². The van der Waals surface area contributed by atoms with Gasteiger partial charge in [-0.15, -0.1) is 0 Å². The van der Waals surface area contributed by atoms with E-state index in [-0.39, 0.29) is 22.7 Å². The van der Waals surface area contributed by atoms with Crippen LogP contribution in [0.4, 0.5) is 14.5 Å². The monoisotopic (exact) mass is 297 g/mol. The van der Waals surface area contributed by atoms with E-state index in [9.17, 15) is 13.6 Å². The van der Waals surface area contributed by atoms with Crippen molar-refractivity contribution < 1.29 is 13.6 Å². The molecule has 1 saturated heterocycles. The number of carbonyl (C=O) groups is 1. The highest BCUT2D eigenvalue weighted by atomic mass is 19.1. The average Bonchev–Trinajstić information content (AvgIpc) is 2.40. The smallest absolute Gasteiger partial charge is 0.254 e. The maximum atomic E-state index is 13.8. The van der Waals surface area contributed by atoms with Gasteiger partial charge >= 0.3 is 0 Å². The van der Waals surface area contributed by atoms with Gasteiger partial charge in [-0.25, -0.2) is 8.78 Å². The predicted molar refractivity (Wildman–Crippen MR) is 78.5 cm³/mol. The number of amides is 1. The number of halogens is 2. The van der Waals surface area contributed by atoms with Crippen LogP contribution in [0, 0.1) is 11.6 Å².